The van der Waals surface area contributed by atoms with Crippen LogP contribution in [-0.4, -0.2) is 31.6 Å². The Hall–Kier alpha value is -2.83. The van der Waals surface area contributed by atoms with Crippen LogP contribution in [0.2, 0.25) is 0 Å². The zero-order valence-corrected chi connectivity index (χ0v) is 20.5. The van der Waals surface area contributed by atoms with Gasteiger partial charge in [0.25, 0.3) is 0 Å². The van der Waals surface area contributed by atoms with Gasteiger partial charge < -0.3 is 15.2 Å². The maximum Gasteiger partial charge on any atom is 0.239 e. The standard InChI is InChI=1S/C27H29BrN2O3/c1-32-24-16-20-13-14-30(26(27(29)31)19-8-4-3-5-9-19)23(22(20)17-25(24)33-2)12-11-18-7-6-10-21(28)15-18/h3-10,15-17,23,26H,11-14H2,1-2H3,(H2,29,31). The number of fused-ring (bicyclic) bond motifs is 1. The Balaban J connectivity index is 1.76. The molecule has 1 aliphatic rings. The van der Waals surface area contributed by atoms with E-state index in [0.29, 0.717) is 5.75 Å². The predicted molar refractivity (Wildman–Crippen MR) is 134 cm³/mol. The second kappa shape index (κ2) is 10.4. The number of rotatable bonds is 8. The molecule has 1 heterocycles. The third-order valence-corrected chi connectivity index (χ3v) is 6.85. The lowest BCUT2D eigenvalue weighted by Crippen LogP contribution is -2.44. The summed E-state index contributed by atoms with van der Waals surface area (Å²) in [4.78, 5) is 15.0. The molecule has 0 aromatic heterocycles. The summed E-state index contributed by atoms with van der Waals surface area (Å²) in [5.41, 5.74) is 10.5. The molecule has 1 amide bonds. The third kappa shape index (κ3) is 5.07. The van der Waals surface area contributed by atoms with Gasteiger partial charge in [-0.1, -0.05) is 58.4 Å². The van der Waals surface area contributed by atoms with E-state index in [1.54, 1.807) is 14.2 Å². The van der Waals surface area contributed by atoms with E-state index in [0.717, 1.165) is 47.2 Å². The van der Waals surface area contributed by atoms with Gasteiger partial charge in [0.05, 0.1) is 14.2 Å². The number of ether oxygens (including phenoxy) is 2. The molecule has 0 saturated carbocycles. The van der Waals surface area contributed by atoms with E-state index in [-0.39, 0.29) is 11.9 Å². The van der Waals surface area contributed by atoms with Gasteiger partial charge in [0, 0.05) is 17.1 Å². The van der Waals surface area contributed by atoms with Crippen LogP contribution in [0.5, 0.6) is 11.5 Å². The zero-order valence-electron chi connectivity index (χ0n) is 19.0. The van der Waals surface area contributed by atoms with Crippen molar-refractivity contribution in [3.05, 3.63) is 93.5 Å². The molecule has 6 heteroatoms. The van der Waals surface area contributed by atoms with Gasteiger partial charge in [0.15, 0.2) is 11.5 Å². The lowest BCUT2D eigenvalue weighted by molar-refractivity contribution is -0.124. The SMILES string of the molecule is COc1cc2c(cc1OC)C(CCc1cccc(Br)c1)N(C(C(N)=O)c1ccccc1)CC2. The van der Waals surface area contributed by atoms with Crippen molar-refractivity contribution in [3.63, 3.8) is 0 Å². The number of nitrogens with two attached hydrogens (primary N) is 1. The molecule has 4 rings (SSSR count). The molecule has 33 heavy (non-hydrogen) atoms. The number of nitrogens with zero attached hydrogens (tertiary/aromatic N) is 1. The number of halogens is 1. The van der Waals surface area contributed by atoms with Crippen LogP contribution in [0.1, 0.15) is 40.8 Å². The summed E-state index contributed by atoms with van der Waals surface area (Å²) in [6, 6.07) is 21.8. The Kier molecular flexibility index (Phi) is 7.36. The Morgan fingerprint density at radius 3 is 2.45 bits per heavy atom. The van der Waals surface area contributed by atoms with Crippen molar-refractivity contribution in [1.29, 1.82) is 0 Å². The summed E-state index contributed by atoms with van der Waals surface area (Å²) in [7, 11) is 3.31. The topological polar surface area (TPSA) is 64.8 Å². The van der Waals surface area contributed by atoms with Gasteiger partial charge in [0.1, 0.15) is 6.04 Å². The average molecular weight is 509 g/mol. The summed E-state index contributed by atoms with van der Waals surface area (Å²) >= 11 is 3.57. The van der Waals surface area contributed by atoms with Crippen LogP contribution >= 0.6 is 15.9 Å². The summed E-state index contributed by atoms with van der Waals surface area (Å²) in [5.74, 6) is 1.09. The molecule has 5 nitrogen and oxygen atoms in total. The maximum absolute atomic E-state index is 12.7. The fraction of sp³-hybridized carbons (Fsp3) is 0.296. The number of benzene rings is 3. The second-order valence-electron chi connectivity index (χ2n) is 8.29. The van der Waals surface area contributed by atoms with Crippen LogP contribution in [0.3, 0.4) is 0 Å². The zero-order chi connectivity index (χ0) is 23.4. The van der Waals surface area contributed by atoms with Gasteiger partial charge in [-0.15, -0.1) is 0 Å². The molecule has 0 fully saturated rings. The van der Waals surface area contributed by atoms with Crippen LogP contribution in [0.4, 0.5) is 0 Å². The van der Waals surface area contributed by atoms with E-state index in [1.807, 2.05) is 36.4 Å². The molecule has 0 radical (unpaired) electrons. The molecule has 0 spiro atoms. The molecule has 2 unspecified atom stereocenters. The van der Waals surface area contributed by atoms with Gasteiger partial charge >= 0.3 is 0 Å². The van der Waals surface area contributed by atoms with Crippen molar-refractivity contribution >= 4 is 21.8 Å². The molecule has 2 N–H and O–H groups in total. The van der Waals surface area contributed by atoms with Crippen molar-refractivity contribution in [2.24, 2.45) is 5.73 Å². The minimum atomic E-state index is -0.500. The number of methoxy groups -OCH3 is 2. The highest BCUT2D eigenvalue weighted by atomic mass is 79.9. The number of carbonyl (C=O) groups is 1. The molecule has 0 bridgehead atoms. The molecule has 0 saturated heterocycles. The Bertz CT molecular complexity index is 1120. The lowest BCUT2D eigenvalue weighted by atomic mass is 9.86. The quantitative estimate of drug-likeness (QED) is 0.452. The molecule has 0 aliphatic carbocycles. The lowest BCUT2D eigenvalue weighted by Gasteiger charge is -2.41. The van der Waals surface area contributed by atoms with Crippen molar-refractivity contribution in [2.45, 2.75) is 31.3 Å². The van der Waals surface area contributed by atoms with Crippen molar-refractivity contribution in [2.75, 3.05) is 20.8 Å². The van der Waals surface area contributed by atoms with Gasteiger partial charge in [-0.3, -0.25) is 9.69 Å². The number of primary amides is 1. The van der Waals surface area contributed by atoms with Crippen LogP contribution < -0.4 is 15.2 Å². The Morgan fingerprint density at radius 2 is 1.79 bits per heavy atom. The molecular weight excluding hydrogens is 480 g/mol. The molecule has 1 aliphatic heterocycles. The van der Waals surface area contributed by atoms with Crippen molar-refractivity contribution in [1.82, 2.24) is 4.90 Å². The normalized spacial score (nSPS) is 16.6. The smallest absolute Gasteiger partial charge is 0.239 e. The maximum atomic E-state index is 12.7. The van der Waals surface area contributed by atoms with Crippen LogP contribution in [0, 0.1) is 0 Å². The molecule has 2 atom stereocenters. The first kappa shape index (κ1) is 23.3. The summed E-state index contributed by atoms with van der Waals surface area (Å²) in [6.07, 6.45) is 2.52. The molecule has 172 valence electrons. The molecular formula is C27H29BrN2O3. The van der Waals surface area contributed by atoms with Crippen LogP contribution in [-0.2, 0) is 17.6 Å². The summed E-state index contributed by atoms with van der Waals surface area (Å²) < 4.78 is 12.2. The molecule has 3 aromatic carbocycles. The molecule has 3 aromatic rings. The van der Waals surface area contributed by atoms with E-state index < -0.39 is 6.04 Å². The van der Waals surface area contributed by atoms with Crippen LogP contribution in [0.25, 0.3) is 0 Å². The summed E-state index contributed by atoms with van der Waals surface area (Å²) in [6.45, 7) is 0.730. The van der Waals surface area contributed by atoms with Crippen molar-refractivity contribution < 1.29 is 14.3 Å². The highest BCUT2D eigenvalue weighted by Crippen LogP contribution is 2.43. The highest BCUT2D eigenvalue weighted by molar-refractivity contribution is 9.10. The first-order chi connectivity index (χ1) is 16.0. The monoisotopic (exact) mass is 508 g/mol. The Labute approximate surface area is 203 Å². The second-order valence-corrected chi connectivity index (χ2v) is 9.21. The fourth-order valence-corrected chi connectivity index (χ4v) is 5.27. The fourth-order valence-electron chi connectivity index (χ4n) is 4.83. The van der Waals surface area contributed by atoms with E-state index in [1.165, 1.54) is 11.1 Å². The predicted octanol–water partition coefficient (Wildman–Crippen LogP) is 5.22. The van der Waals surface area contributed by atoms with Gasteiger partial charge in [-0.05, 0) is 65.8 Å². The largest absolute Gasteiger partial charge is 0.493 e. The number of amides is 1. The summed E-state index contributed by atoms with van der Waals surface area (Å²) in [5, 5.41) is 0. The first-order valence-corrected chi connectivity index (χ1v) is 11.9. The number of hydrogen-bond donors (Lipinski definition) is 1. The number of carbonyl (C=O) groups excluding carboxylic acids is 1. The van der Waals surface area contributed by atoms with Gasteiger partial charge in [0.2, 0.25) is 5.91 Å². The van der Waals surface area contributed by atoms with Gasteiger partial charge in [-0.25, -0.2) is 0 Å². The minimum absolute atomic E-state index is 0.00486. The highest BCUT2D eigenvalue weighted by Gasteiger charge is 2.36. The van der Waals surface area contributed by atoms with E-state index in [4.69, 9.17) is 15.2 Å². The minimum Gasteiger partial charge on any atom is -0.493 e. The first-order valence-electron chi connectivity index (χ1n) is 11.1. The Morgan fingerprint density at radius 1 is 1.06 bits per heavy atom. The van der Waals surface area contributed by atoms with Crippen LogP contribution in [0.15, 0.2) is 71.2 Å². The number of aryl methyl sites for hydroxylation is 1. The van der Waals surface area contributed by atoms with Crippen molar-refractivity contribution in [3.8, 4) is 11.5 Å². The average Bonchev–Trinajstić information content (AvgIpc) is 2.83. The number of hydrogen-bond acceptors (Lipinski definition) is 4. The van der Waals surface area contributed by atoms with Gasteiger partial charge in [-0.2, -0.15) is 0 Å². The third-order valence-electron chi connectivity index (χ3n) is 6.36. The van der Waals surface area contributed by atoms with E-state index >= 15 is 0 Å². The van der Waals surface area contributed by atoms with E-state index in [2.05, 4.69) is 51.2 Å². The van der Waals surface area contributed by atoms with E-state index in [9.17, 15) is 4.79 Å².